The average molecular weight is 331 g/mol. The molecule has 1 aromatic rings. The van der Waals surface area contributed by atoms with Gasteiger partial charge in [0.15, 0.2) is 5.96 Å². The molecule has 1 saturated carbocycles. The van der Waals surface area contributed by atoms with Crippen LogP contribution in [0.2, 0.25) is 0 Å². The van der Waals surface area contributed by atoms with E-state index in [9.17, 15) is 18.3 Å². The van der Waals surface area contributed by atoms with Crippen molar-refractivity contribution < 1.29 is 23.0 Å². The molecule has 0 aliphatic heterocycles. The van der Waals surface area contributed by atoms with Crippen LogP contribution in [0.15, 0.2) is 29.3 Å². The van der Waals surface area contributed by atoms with Gasteiger partial charge in [0.05, 0.1) is 12.6 Å². The first-order valence-electron chi connectivity index (χ1n) is 7.17. The molecule has 2 unspecified atom stereocenters. The number of nitrogens with one attached hydrogen (secondary N) is 1. The van der Waals surface area contributed by atoms with Crippen molar-refractivity contribution in [2.24, 2.45) is 16.1 Å². The number of rotatable bonds is 4. The average Bonchev–Trinajstić information content (AvgIpc) is 2.44. The normalized spacial score (nSPS) is 24.0. The predicted molar refractivity (Wildman–Crippen MR) is 79.8 cm³/mol. The third-order valence-electron chi connectivity index (χ3n) is 4.13. The summed E-state index contributed by atoms with van der Waals surface area (Å²) in [5, 5.41) is 12.7. The molecule has 128 valence electrons. The van der Waals surface area contributed by atoms with Crippen molar-refractivity contribution in [2.75, 3.05) is 0 Å². The Kier molecular flexibility index (Phi) is 4.74. The first kappa shape index (κ1) is 17.4. The maximum Gasteiger partial charge on any atom is 0.573 e. The fourth-order valence-corrected chi connectivity index (χ4v) is 2.34. The predicted octanol–water partition coefficient (Wildman–Crippen LogP) is 2.15. The van der Waals surface area contributed by atoms with Crippen molar-refractivity contribution in [3.63, 3.8) is 0 Å². The van der Waals surface area contributed by atoms with Crippen LogP contribution in [0.3, 0.4) is 0 Å². The summed E-state index contributed by atoms with van der Waals surface area (Å²) in [5.41, 5.74) is 6.23. The summed E-state index contributed by atoms with van der Waals surface area (Å²) >= 11 is 0. The molecule has 0 heterocycles. The zero-order valence-electron chi connectivity index (χ0n) is 12.9. The Hall–Kier alpha value is -1.96. The number of nitrogens with zero attached hydrogens (tertiary/aromatic N) is 1. The first-order chi connectivity index (χ1) is 10.6. The molecule has 0 bridgehead atoms. The highest BCUT2D eigenvalue weighted by Crippen LogP contribution is 2.40. The fourth-order valence-electron chi connectivity index (χ4n) is 2.34. The maximum absolute atomic E-state index is 12.1. The van der Waals surface area contributed by atoms with Gasteiger partial charge in [-0.25, -0.2) is 4.99 Å². The second kappa shape index (κ2) is 6.27. The molecule has 1 aromatic carbocycles. The van der Waals surface area contributed by atoms with Gasteiger partial charge in [-0.2, -0.15) is 0 Å². The summed E-state index contributed by atoms with van der Waals surface area (Å²) in [5.74, 6) is -0.0351. The van der Waals surface area contributed by atoms with Gasteiger partial charge < -0.3 is 20.9 Å². The van der Waals surface area contributed by atoms with E-state index in [1.807, 2.05) is 13.8 Å². The van der Waals surface area contributed by atoms with E-state index in [1.54, 1.807) is 0 Å². The van der Waals surface area contributed by atoms with Gasteiger partial charge in [-0.15, -0.1) is 13.2 Å². The van der Waals surface area contributed by atoms with Crippen molar-refractivity contribution in [3.8, 4) is 5.75 Å². The number of guanidine groups is 1. The summed E-state index contributed by atoms with van der Waals surface area (Å²) in [7, 11) is 0. The number of aliphatic hydroxyl groups excluding tert-OH is 1. The van der Waals surface area contributed by atoms with E-state index in [1.165, 1.54) is 24.3 Å². The Labute approximate surface area is 132 Å². The zero-order valence-corrected chi connectivity index (χ0v) is 12.9. The molecule has 0 spiro atoms. The Morgan fingerprint density at radius 2 is 2.00 bits per heavy atom. The largest absolute Gasteiger partial charge is 0.573 e. The van der Waals surface area contributed by atoms with Gasteiger partial charge in [-0.05, 0) is 24.1 Å². The van der Waals surface area contributed by atoms with E-state index in [0.29, 0.717) is 12.0 Å². The highest BCUT2D eigenvalue weighted by molar-refractivity contribution is 5.78. The number of hydrogen-bond donors (Lipinski definition) is 3. The van der Waals surface area contributed by atoms with Gasteiger partial charge >= 0.3 is 6.36 Å². The van der Waals surface area contributed by atoms with Crippen LogP contribution in [0, 0.1) is 5.41 Å². The standard InChI is InChI=1S/C15H20F3N3O2/c1-14(2)11(7-12(14)22)21-13(19)20-8-9-3-5-10(6-4-9)23-15(16,17)18/h3-6,11-12,22H,7-8H2,1-2H3,(H3,19,20,21). The Balaban J connectivity index is 1.87. The van der Waals surface area contributed by atoms with E-state index in [-0.39, 0.29) is 35.8 Å². The molecule has 4 N–H and O–H groups in total. The smallest absolute Gasteiger partial charge is 0.406 e. The molecule has 1 aliphatic carbocycles. The Morgan fingerprint density at radius 1 is 1.39 bits per heavy atom. The summed E-state index contributed by atoms with van der Waals surface area (Å²) in [6.07, 6.45) is -4.46. The second-order valence-corrected chi connectivity index (χ2v) is 6.16. The molecule has 23 heavy (non-hydrogen) atoms. The third-order valence-corrected chi connectivity index (χ3v) is 4.13. The Bertz CT molecular complexity index is 570. The van der Waals surface area contributed by atoms with Crippen LogP contribution in [0.4, 0.5) is 13.2 Å². The van der Waals surface area contributed by atoms with Crippen LogP contribution in [-0.4, -0.2) is 29.6 Å². The number of aliphatic imine (C=N–C) groups is 1. The zero-order chi connectivity index (χ0) is 17.3. The molecular weight excluding hydrogens is 311 g/mol. The van der Waals surface area contributed by atoms with Crippen molar-refractivity contribution in [1.82, 2.24) is 5.32 Å². The highest BCUT2D eigenvalue weighted by atomic mass is 19.4. The van der Waals surface area contributed by atoms with E-state index < -0.39 is 6.36 Å². The molecule has 0 amide bonds. The lowest BCUT2D eigenvalue weighted by Crippen LogP contribution is -2.62. The summed E-state index contributed by atoms with van der Waals surface area (Å²) in [6.45, 7) is 4.11. The fraction of sp³-hybridized carbons (Fsp3) is 0.533. The lowest BCUT2D eigenvalue weighted by Gasteiger charge is -2.49. The molecular formula is C15H20F3N3O2. The lowest BCUT2D eigenvalue weighted by molar-refractivity contribution is -0.274. The van der Waals surface area contributed by atoms with Gasteiger partial charge in [-0.1, -0.05) is 26.0 Å². The summed E-state index contributed by atoms with van der Waals surface area (Å²) in [6, 6.07) is 5.49. The molecule has 0 saturated heterocycles. The van der Waals surface area contributed by atoms with Crippen molar-refractivity contribution in [2.45, 2.75) is 45.3 Å². The monoisotopic (exact) mass is 331 g/mol. The topological polar surface area (TPSA) is 79.9 Å². The van der Waals surface area contributed by atoms with Crippen LogP contribution in [0.25, 0.3) is 0 Å². The minimum absolute atomic E-state index is 0.0452. The molecule has 1 fully saturated rings. The number of nitrogens with two attached hydrogens (primary N) is 1. The minimum atomic E-state index is -4.70. The molecule has 0 aromatic heterocycles. The Morgan fingerprint density at radius 3 is 2.48 bits per heavy atom. The van der Waals surface area contributed by atoms with Crippen LogP contribution in [0.5, 0.6) is 5.75 Å². The summed E-state index contributed by atoms with van der Waals surface area (Å²) in [4.78, 5) is 4.15. The number of benzene rings is 1. The SMILES string of the molecule is CC1(C)C(O)CC1NC(N)=NCc1ccc(OC(F)(F)F)cc1. The van der Waals surface area contributed by atoms with Crippen molar-refractivity contribution >= 4 is 5.96 Å². The number of aliphatic hydroxyl groups is 1. The second-order valence-electron chi connectivity index (χ2n) is 6.16. The van der Waals surface area contributed by atoms with Gasteiger partial charge in [0.1, 0.15) is 5.75 Å². The van der Waals surface area contributed by atoms with E-state index in [2.05, 4.69) is 15.0 Å². The van der Waals surface area contributed by atoms with E-state index in [4.69, 9.17) is 5.73 Å². The molecule has 0 radical (unpaired) electrons. The minimum Gasteiger partial charge on any atom is -0.406 e. The van der Waals surface area contributed by atoms with Crippen LogP contribution in [0.1, 0.15) is 25.8 Å². The summed E-state index contributed by atoms with van der Waals surface area (Å²) < 4.78 is 40.0. The first-order valence-corrected chi connectivity index (χ1v) is 7.17. The van der Waals surface area contributed by atoms with Gasteiger partial charge in [0.25, 0.3) is 0 Å². The van der Waals surface area contributed by atoms with Crippen LogP contribution >= 0.6 is 0 Å². The number of hydrogen-bond acceptors (Lipinski definition) is 3. The van der Waals surface area contributed by atoms with Crippen molar-refractivity contribution in [3.05, 3.63) is 29.8 Å². The molecule has 8 heteroatoms. The number of ether oxygens (including phenoxy) is 1. The van der Waals surface area contributed by atoms with Crippen LogP contribution < -0.4 is 15.8 Å². The maximum atomic E-state index is 12.1. The molecule has 2 rings (SSSR count). The van der Waals surface area contributed by atoms with Gasteiger partial charge in [-0.3, -0.25) is 0 Å². The van der Waals surface area contributed by atoms with E-state index >= 15 is 0 Å². The molecule has 2 atom stereocenters. The lowest BCUT2D eigenvalue weighted by atomic mass is 9.65. The number of alkyl halides is 3. The molecule has 1 aliphatic rings. The third kappa shape index (κ3) is 4.51. The van der Waals surface area contributed by atoms with E-state index in [0.717, 1.165) is 0 Å². The molecule has 5 nitrogen and oxygen atoms in total. The van der Waals surface area contributed by atoms with Crippen molar-refractivity contribution in [1.29, 1.82) is 0 Å². The number of halogens is 3. The quantitative estimate of drug-likeness (QED) is 0.583. The van der Waals surface area contributed by atoms with Gasteiger partial charge in [0, 0.05) is 11.5 Å². The highest BCUT2D eigenvalue weighted by Gasteiger charge is 2.47. The van der Waals surface area contributed by atoms with Crippen LogP contribution in [-0.2, 0) is 6.54 Å². The van der Waals surface area contributed by atoms with Gasteiger partial charge in [0.2, 0.25) is 0 Å².